The van der Waals surface area contributed by atoms with Crippen molar-refractivity contribution < 1.29 is 14.7 Å². The van der Waals surface area contributed by atoms with Crippen molar-refractivity contribution in [3.63, 3.8) is 0 Å². The monoisotopic (exact) mass is 278 g/mol. The van der Waals surface area contributed by atoms with Gasteiger partial charge in [0.15, 0.2) is 0 Å². The van der Waals surface area contributed by atoms with Crippen molar-refractivity contribution in [3.8, 4) is 0 Å². The molecule has 0 saturated carbocycles. The number of hydrogen-bond acceptors (Lipinski definition) is 6. The fraction of sp³-hybridized carbons (Fsp3) is 0.182. The van der Waals surface area contributed by atoms with Crippen molar-refractivity contribution in [1.82, 2.24) is 15.2 Å². The Balaban J connectivity index is 2.20. The Bertz CT molecular complexity index is 653. The van der Waals surface area contributed by atoms with Crippen LogP contribution in [0.1, 0.15) is 31.5 Å². The molecule has 2 aromatic heterocycles. The van der Waals surface area contributed by atoms with Crippen LogP contribution in [0.5, 0.6) is 0 Å². The van der Waals surface area contributed by atoms with E-state index in [1.165, 1.54) is 30.4 Å². The lowest BCUT2D eigenvalue weighted by molar-refractivity contribution is 0.0695. The molecule has 0 fully saturated rings. The molecular weight excluding hydrogens is 268 g/mol. The molecule has 0 radical (unpaired) electrons. The van der Waals surface area contributed by atoms with E-state index >= 15 is 0 Å². The first-order chi connectivity index (χ1) is 8.97. The summed E-state index contributed by atoms with van der Waals surface area (Å²) in [7, 11) is 0. The van der Waals surface area contributed by atoms with E-state index in [2.05, 4.69) is 20.5 Å². The molecule has 1 amide bonds. The Morgan fingerprint density at radius 1 is 1.26 bits per heavy atom. The number of amides is 1. The van der Waals surface area contributed by atoms with Gasteiger partial charge < -0.3 is 5.11 Å². The first-order valence-electron chi connectivity index (χ1n) is 5.30. The van der Waals surface area contributed by atoms with Crippen LogP contribution in [-0.2, 0) is 0 Å². The fourth-order valence-electron chi connectivity index (χ4n) is 1.42. The van der Waals surface area contributed by atoms with E-state index < -0.39 is 11.9 Å². The molecule has 2 aromatic rings. The number of carboxylic acids is 1. The highest BCUT2D eigenvalue weighted by molar-refractivity contribution is 7.15. The van der Waals surface area contributed by atoms with Gasteiger partial charge in [-0.1, -0.05) is 11.3 Å². The molecule has 0 atom stereocenters. The first-order valence-corrected chi connectivity index (χ1v) is 6.11. The predicted octanol–water partition coefficient (Wildman–Crippen LogP) is 1.50. The average molecular weight is 278 g/mol. The summed E-state index contributed by atoms with van der Waals surface area (Å²) in [4.78, 5) is 26.7. The topological polar surface area (TPSA) is 105 Å². The Morgan fingerprint density at radius 3 is 2.53 bits per heavy atom. The minimum atomic E-state index is -1.07. The molecule has 98 valence electrons. The molecule has 0 saturated heterocycles. The summed E-state index contributed by atoms with van der Waals surface area (Å²) in [5, 5.41) is 20.1. The highest BCUT2D eigenvalue weighted by Crippen LogP contribution is 2.15. The molecule has 2 heterocycles. The van der Waals surface area contributed by atoms with Crippen molar-refractivity contribution in [2.45, 2.75) is 13.8 Å². The number of hydrogen-bond donors (Lipinski definition) is 2. The second-order valence-corrected chi connectivity index (χ2v) is 4.90. The summed E-state index contributed by atoms with van der Waals surface area (Å²) >= 11 is 1.25. The van der Waals surface area contributed by atoms with Crippen LogP contribution >= 0.6 is 11.3 Å². The maximum atomic E-state index is 11.9. The largest absolute Gasteiger partial charge is 0.478 e. The van der Waals surface area contributed by atoms with Crippen molar-refractivity contribution in [2.75, 3.05) is 5.32 Å². The van der Waals surface area contributed by atoms with Crippen LogP contribution in [-0.4, -0.2) is 32.2 Å². The molecule has 0 spiro atoms. The third-order valence-electron chi connectivity index (χ3n) is 2.30. The van der Waals surface area contributed by atoms with E-state index in [0.717, 1.165) is 5.01 Å². The molecule has 2 N–H and O–H groups in total. The van der Waals surface area contributed by atoms with Gasteiger partial charge in [-0.25, -0.2) is 9.78 Å². The van der Waals surface area contributed by atoms with Gasteiger partial charge in [0.2, 0.25) is 5.13 Å². The Hall–Kier alpha value is -2.35. The standard InChI is InChI=1S/C11H10N4O3S/c1-5-7(10(17)18)3-4-8(12-5)9(16)13-11-15-14-6(2)19-11/h3-4H,1-2H3,(H,17,18)(H,13,15,16). The minimum Gasteiger partial charge on any atom is -0.478 e. The number of carbonyl (C=O) groups excluding carboxylic acids is 1. The van der Waals surface area contributed by atoms with Crippen LogP contribution in [0.4, 0.5) is 5.13 Å². The molecule has 7 nitrogen and oxygen atoms in total. The van der Waals surface area contributed by atoms with Crippen LogP contribution in [0.2, 0.25) is 0 Å². The highest BCUT2D eigenvalue weighted by atomic mass is 32.1. The third kappa shape index (κ3) is 2.91. The van der Waals surface area contributed by atoms with E-state index in [1.807, 2.05) is 0 Å². The van der Waals surface area contributed by atoms with Crippen LogP contribution in [0, 0.1) is 13.8 Å². The Kier molecular flexibility index (Phi) is 3.52. The molecule has 0 aliphatic carbocycles. The van der Waals surface area contributed by atoms with E-state index in [0.29, 0.717) is 5.13 Å². The minimum absolute atomic E-state index is 0.0725. The van der Waals surface area contributed by atoms with Gasteiger partial charge in [0.25, 0.3) is 5.91 Å². The van der Waals surface area contributed by atoms with Crippen LogP contribution in [0.15, 0.2) is 12.1 Å². The summed E-state index contributed by atoms with van der Waals surface area (Å²) in [5.74, 6) is -1.52. The lowest BCUT2D eigenvalue weighted by atomic mass is 10.2. The zero-order chi connectivity index (χ0) is 14.0. The lowest BCUT2D eigenvalue weighted by Crippen LogP contribution is -2.15. The van der Waals surface area contributed by atoms with Crippen LogP contribution in [0.3, 0.4) is 0 Å². The number of rotatable bonds is 3. The number of aryl methyl sites for hydroxylation is 2. The van der Waals surface area contributed by atoms with Gasteiger partial charge in [0.1, 0.15) is 10.7 Å². The average Bonchev–Trinajstić information content (AvgIpc) is 2.74. The maximum Gasteiger partial charge on any atom is 0.337 e. The van der Waals surface area contributed by atoms with E-state index in [1.54, 1.807) is 6.92 Å². The van der Waals surface area contributed by atoms with Gasteiger partial charge in [-0.3, -0.25) is 10.1 Å². The zero-order valence-electron chi connectivity index (χ0n) is 10.2. The second-order valence-electron chi connectivity index (χ2n) is 3.71. The summed E-state index contributed by atoms with van der Waals surface area (Å²) in [5.41, 5.74) is 0.493. The molecule has 0 bridgehead atoms. The Labute approximate surface area is 112 Å². The number of aromatic carboxylic acids is 1. The number of carboxylic acid groups (broad SMARTS) is 1. The number of aromatic nitrogens is 3. The smallest absolute Gasteiger partial charge is 0.337 e. The molecule has 8 heteroatoms. The predicted molar refractivity (Wildman–Crippen MR) is 68.5 cm³/mol. The number of carbonyl (C=O) groups is 2. The Morgan fingerprint density at radius 2 is 2.00 bits per heavy atom. The maximum absolute atomic E-state index is 11.9. The molecule has 2 rings (SSSR count). The fourth-order valence-corrected chi connectivity index (χ4v) is 2.01. The van der Waals surface area contributed by atoms with E-state index in [9.17, 15) is 9.59 Å². The van der Waals surface area contributed by atoms with Crippen molar-refractivity contribution in [2.24, 2.45) is 0 Å². The number of pyridine rings is 1. The number of nitrogens with zero attached hydrogens (tertiary/aromatic N) is 3. The van der Waals surface area contributed by atoms with Gasteiger partial charge in [-0.05, 0) is 26.0 Å². The molecule has 0 aliphatic rings. The van der Waals surface area contributed by atoms with Crippen molar-refractivity contribution in [1.29, 1.82) is 0 Å². The zero-order valence-corrected chi connectivity index (χ0v) is 11.0. The molecular formula is C11H10N4O3S. The highest BCUT2D eigenvalue weighted by Gasteiger charge is 2.14. The normalized spacial score (nSPS) is 10.2. The molecule has 0 aromatic carbocycles. The number of anilines is 1. The van der Waals surface area contributed by atoms with Gasteiger partial charge in [0, 0.05) is 0 Å². The van der Waals surface area contributed by atoms with E-state index in [-0.39, 0.29) is 17.0 Å². The molecule has 0 aliphatic heterocycles. The SMILES string of the molecule is Cc1nnc(NC(=O)c2ccc(C(=O)O)c(C)n2)s1. The van der Waals surface area contributed by atoms with Gasteiger partial charge in [0.05, 0.1) is 11.3 Å². The second kappa shape index (κ2) is 5.11. The van der Waals surface area contributed by atoms with Gasteiger partial charge in [-0.2, -0.15) is 0 Å². The van der Waals surface area contributed by atoms with Crippen LogP contribution < -0.4 is 5.32 Å². The van der Waals surface area contributed by atoms with Crippen molar-refractivity contribution >= 4 is 28.3 Å². The molecule has 0 unspecified atom stereocenters. The lowest BCUT2D eigenvalue weighted by Gasteiger charge is -2.04. The molecule has 19 heavy (non-hydrogen) atoms. The third-order valence-corrected chi connectivity index (χ3v) is 3.05. The van der Waals surface area contributed by atoms with Crippen molar-refractivity contribution in [3.05, 3.63) is 34.1 Å². The van der Waals surface area contributed by atoms with Gasteiger partial charge >= 0.3 is 5.97 Å². The first kappa shape index (κ1) is 13.1. The summed E-state index contributed by atoms with van der Waals surface area (Å²) in [6.45, 7) is 3.31. The summed E-state index contributed by atoms with van der Waals surface area (Å²) in [6, 6.07) is 2.71. The summed E-state index contributed by atoms with van der Waals surface area (Å²) < 4.78 is 0. The van der Waals surface area contributed by atoms with Crippen LogP contribution in [0.25, 0.3) is 0 Å². The summed E-state index contributed by atoms with van der Waals surface area (Å²) in [6.07, 6.45) is 0. The van der Waals surface area contributed by atoms with E-state index in [4.69, 9.17) is 5.11 Å². The van der Waals surface area contributed by atoms with Gasteiger partial charge in [-0.15, -0.1) is 10.2 Å². The quantitative estimate of drug-likeness (QED) is 0.881. The number of nitrogens with one attached hydrogen (secondary N) is 1.